The molecule has 3 nitrogen and oxygen atoms in total. The minimum absolute atomic E-state index is 0.256. The first-order valence-electron chi connectivity index (χ1n) is 4.38. The van der Waals surface area contributed by atoms with Crippen LogP contribution in [0.3, 0.4) is 0 Å². The Kier molecular flexibility index (Phi) is 3.18. The molecule has 0 bridgehead atoms. The third-order valence-electron chi connectivity index (χ3n) is 2.07. The SMILES string of the molecule is CCS(=O)(=O)c1ccc(N)c(C(F)(F)F)c1. The van der Waals surface area contributed by atoms with Crippen LogP contribution < -0.4 is 5.73 Å². The van der Waals surface area contributed by atoms with Gasteiger partial charge in [0.25, 0.3) is 0 Å². The lowest BCUT2D eigenvalue weighted by Crippen LogP contribution is -2.11. The zero-order valence-corrected chi connectivity index (χ0v) is 9.19. The van der Waals surface area contributed by atoms with Gasteiger partial charge in [-0.1, -0.05) is 6.92 Å². The van der Waals surface area contributed by atoms with Crippen LogP contribution in [0.4, 0.5) is 18.9 Å². The first-order chi connectivity index (χ1) is 7.18. The number of rotatable bonds is 2. The van der Waals surface area contributed by atoms with Crippen molar-refractivity contribution in [2.75, 3.05) is 11.5 Å². The summed E-state index contributed by atoms with van der Waals surface area (Å²) < 4.78 is 60.1. The van der Waals surface area contributed by atoms with Gasteiger partial charge in [0.15, 0.2) is 9.84 Å². The lowest BCUT2D eigenvalue weighted by molar-refractivity contribution is -0.137. The fourth-order valence-electron chi connectivity index (χ4n) is 1.14. The van der Waals surface area contributed by atoms with Crippen molar-refractivity contribution in [3.8, 4) is 0 Å². The summed E-state index contributed by atoms with van der Waals surface area (Å²) >= 11 is 0. The van der Waals surface area contributed by atoms with Gasteiger partial charge >= 0.3 is 6.18 Å². The normalized spacial score (nSPS) is 12.8. The number of halogens is 3. The van der Waals surface area contributed by atoms with Crippen molar-refractivity contribution < 1.29 is 21.6 Å². The number of sulfone groups is 1. The van der Waals surface area contributed by atoms with Crippen molar-refractivity contribution in [1.29, 1.82) is 0 Å². The van der Waals surface area contributed by atoms with E-state index in [1.807, 2.05) is 0 Å². The Morgan fingerprint density at radius 2 is 1.88 bits per heavy atom. The highest BCUT2D eigenvalue weighted by Gasteiger charge is 2.34. The molecule has 90 valence electrons. The Balaban J connectivity index is 3.40. The molecule has 0 heterocycles. The maximum Gasteiger partial charge on any atom is 0.418 e. The highest BCUT2D eigenvalue weighted by molar-refractivity contribution is 7.91. The number of nitrogen functional groups attached to an aromatic ring is 1. The Morgan fingerprint density at radius 1 is 1.31 bits per heavy atom. The molecular weight excluding hydrogens is 243 g/mol. The van der Waals surface area contributed by atoms with Crippen molar-refractivity contribution in [3.63, 3.8) is 0 Å². The van der Waals surface area contributed by atoms with Gasteiger partial charge in [0.05, 0.1) is 16.2 Å². The Morgan fingerprint density at radius 3 is 2.31 bits per heavy atom. The molecule has 16 heavy (non-hydrogen) atoms. The number of hydrogen-bond donors (Lipinski definition) is 1. The molecule has 0 fully saturated rings. The van der Waals surface area contributed by atoms with Gasteiger partial charge < -0.3 is 5.73 Å². The summed E-state index contributed by atoms with van der Waals surface area (Å²) in [6, 6.07) is 2.59. The van der Waals surface area contributed by atoms with Crippen LogP contribution in [0.1, 0.15) is 12.5 Å². The molecule has 0 aliphatic carbocycles. The topological polar surface area (TPSA) is 60.2 Å². The van der Waals surface area contributed by atoms with Crippen LogP contribution in [-0.4, -0.2) is 14.2 Å². The monoisotopic (exact) mass is 253 g/mol. The highest BCUT2D eigenvalue weighted by atomic mass is 32.2. The smallest absolute Gasteiger partial charge is 0.398 e. The summed E-state index contributed by atoms with van der Waals surface area (Å²) in [6.07, 6.45) is -4.65. The first-order valence-corrected chi connectivity index (χ1v) is 6.03. The van der Waals surface area contributed by atoms with E-state index < -0.39 is 27.3 Å². The average molecular weight is 253 g/mol. The Bertz CT molecular complexity index is 494. The molecule has 0 radical (unpaired) electrons. The van der Waals surface area contributed by atoms with Gasteiger partial charge in [-0.05, 0) is 18.2 Å². The molecule has 2 N–H and O–H groups in total. The minimum Gasteiger partial charge on any atom is -0.398 e. The van der Waals surface area contributed by atoms with Crippen LogP contribution in [0.5, 0.6) is 0 Å². The van der Waals surface area contributed by atoms with E-state index in [0.717, 1.165) is 12.1 Å². The average Bonchev–Trinajstić information content (AvgIpc) is 2.16. The third kappa shape index (κ3) is 2.46. The number of benzene rings is 1. The van der Waals surface area contributed by atoms with Gasteiger partial charge in [-0.3, -0.25) is 0 Å². The first kappa shape index (κ1) is 12.8. The van der Waals surface area contributed by atoms with Gasteiger partial charge in [0, 0.05) is 5.69 Å². The molecule has 0 aromatic heterocycles. The number of nitrogens with two attached hydrogens (primary N) is 1. The van der Waals surface area contributed by atoms with Gasteiger partial charge in [-0.15, -0.1) is 0 Å². The Hall–Kier alpha value is -1.24. The van der Waals surface area contributed by atoms with Crippen LogP contribution >= 0.6 is 0 Å². The summed E-state index contributed by atoms with van der Waals surface area (Å²) in [5.41, 5.74) is 3.54. The molecule has 1 aromatic carbocycles. The molecule has 1 rings (SSSR count). The summed E-state index contributed by atoms with van der Waals surface area (Å²) in [5.74, 6) is -0.256. The lowest BCUT2D eigenvalue weighted by atomic mass is 10.2. The van der Waals surface area contributed by atoms with E-state index in [2.05, 4.69) is 0 Å². The van der Waals surface area contributed by atoms with E-state index in [-0.39, 0.29) is 10.6 Å². The molecule has 1 aromatic rings. The van der Waals surface area contributed by atoms with E-state index >= 15 is 0 Å². The van der Waals surface area contributed by atoms with Crippen molar-refractivity contribution in [1.82, 2.24) is 0 Å². The molecule has 0 saturated carbocycles. The molecule has 7 heteroatoms. The molecule has 0 aliphatic heterocycles. The molecule has 0 atom stereocenters. The van der Waals surface area contributed by atoms with Crippen LogP contribution in [0, 0.1) is 0 Å². The number of alkyl halides is 3. The fraction of sp³-hybridized carbons (Fsp3) is 0.333. The van der Waals surface area contributed by atoms with Crippen LogP contribution in [0.15, 0.2) is 23.1 Å². The van der Waals surface area contributed by atoms with E-state index in [0.29, 0.717) is 6.07 Å². The third-order valence-corrected chi connectivity index (χ3v) is 3.80. The number of hydrogen-bond acceptors (Lipinski definition) is 3. The lowest BCUT2D eigenvalue weighted by Gasteiger charge is -2.11. The second kappa shape index (κ2) is 3.97. The second-order valence-electron chi connectivity index (χ2n) is 3.15. The summed E-state index contributed by atoms with van der Waals surface area (Å²) in [4.78, 5) is -0.364. The van der Waals surface area contributed by atoms with Crippen molar-refractivity contribution in [3.05, 3.63) is 23.8 Å². The van der Waals surface area contributed by atoms with E-state index in [4.69, 9.17) is 5.73 Å². The maximum absolute atomic E-state index is 12.4. The highest BCUT2D eigenvalue weighted by Crippen LogP contribution is 2.34. The number of anilines is 1. The van der Waals surface area contributed by atoms with Crippen molar-refractivity contribution >= 4 is 15.5 Å². The van der Waals surface area contributed by atoms with Gasteiger partial charge in [0.1, 0.15) is 0 Å². The van der Waals surface area contributed by atoms with Crippen LogP contribution in [0.25, 0.3) is 0 Å². The second-order valence-corrected chi connectivity index (χ2v) is 5.43. The molecule has 0 aliphatic rings. The van der Waals surface area contributed by atoms with Gasteiger partial charge in [-0.2, -0.15) is 13.2 Å². The quantitative estimate of drug-likeness (QED) is 0.821. The zero-order chi connectivity index (χ0) is 12.6. The summed E-state index contributed by atoms with van der Waals surface area (Å²) in [5, 5.41) is 0. The molecule has 0 unspecified atom stereocenters. The van der Waals surface area contributed by atoms with Gasteiger partial charge in [-0.25, -0.2) is 8.42 Å². The van der Waals surface area contributed by atoms with Crippen molar-refractivity contribution in [2.45, 2.75) is 18.0 Å². The van der Waals surface area contributed by atoms with Gasteiger partial charge in [0.2, 0.25) is 0 Å². The summed E-state index contributed by atoms with van der Waals surface area (Å²) in [7, 11) is -3.65. The predicted octanol–water partition coefficient (Wildman–Crippen LogP) is 2.08. The fourth-order valence-corrected chi connectivity index (χ4v) is 2.05. The van der Waals surface area contributed by atoms with Crippen molar-refractivity contribution in [2.24, 2.45) is 0 Å². The maximum atomic E-state index is 12.4. The molecule has 0 spiro atoms. The zero-order valence-electron chi connectivity index (χ0n) is 8.38. The summed E-state index contributed by atoms with van der Waals surface area (Å²) in [6.45, 7) is 1.36. The molecule has 0 saturated heterocycles. The standard InChI is InChI=1S/C9H10F3NO2S/c1-2-16(14,15)6-3-4-8(13)7(5-6)9(10,11)12/h3-5H,2,13H2,1H3. The van der Waals surface area contributed by atoms with E-state index in [1.165, 1.54) is 6.92 Å². The van der Waals surface area contributed by atoms with E-state index in [9.17, 15) is 21.6 Å². The minimum atomic E-state index is -4.65. The molecule has 0 amide bonds. The Labute approximate surface area is 91.0 Å². The largest absolute Gasteiger partial charge is 0.418 e. The van der Waals surface area contributed by atoms with Crippen LogP contribution in [0.2, 0.25) is 0 Å². The van der Waals surface area contributed by atoms with E-state index in [1.54, 1.807) is 0 Å². The molecular formula is C9H10F3NO2S. The van der Waals surface area contributed by atoms with Crippen LogP contribution in [-0.2, 0) is 16.0 Å². The predicted molar refractivity (Wildman–Crippen MR) is 53.6 cm³/mol.